The topological polar surface area (TPSA) is 122 Å². The number of hydrogen-bond acceptors (Lipinski definition) is 7. The summed E-state index contributed by atoms with van der Waals surface area (Å²) in [4.78, 5) is 31.8. The molecule has 2 aromatic carbocycles. The molecule has 0 aliphatic heterocycles. The number of nitro benzene ring substituents is 2. The van der Waals surface area contributed by atoms with Crippen molar-refractivity contribution < 1.29 is 24.1 Å². The number of hydrogen-bond donors (Lipinski definition) is 0. The zero-order chi connectivity index (χ0) is 23.8. The van der Waals surface area contributed by atoms with Gasteiger partial charge in [-0.1, -0.05) is 34.8 Å². The maximum Gasteiger partial charge on any atom is 0.312 e. The Morgan fingerprint density at radius 2 is 1.59 bits per heavy atom. The van der Waals surface area contributed by atoms with Gasteiger partial charge in [0.05, 0.1) is 28.5 Å². The molecule has 2 aromatic rings. The summed E-state index contributed by atoms with van der Waals surface area (Å²) in [6, 6.07) is 8.39. The van der Waals surface area contributed by atoms with Crippen molar-refractivity contribution in [2.24, 2.45) is 5.92 Å². The minimum absolute atomic E-state index is 0.0967. The molecule has 0 aromatic heterocycles. The van der Waals surface area contributed by atoms with E-state index in [1.54, 1.807) is 13.0 Å². The number of halogens is 3. The molecule has 0 N–H and O–H groups in total. The van der Waals surface area contributed by atoms with Gasteiger partial charge in [0.1, 0.15) is 5.02 Å². The summed E-state index contributed by atoms with van der Waals surface area (Å²) in [5.41, 5.74) is -0.332. The molecule has 3 rings (SSSR count). The van der Waals surface area contributed by atoms with Crippen LogP contribution in [0, 0.1) is 26.1 Å². The summed E-state index contributed by atoms with van der Waals surface area (Å²) in [5, 5.41) is 21.9. The fourth-order valence-electron chi connectivity index (χ4n) is 3.06. The summed E-state index contributed by atoms with van der Waals surface area (Å²) in [7, 11) is 0. The number of esters is 1. The first-order valence-electron chi connectivity index (χ1n) is 9.49. The average molecular weight is 506 g/mol. The standard InChI is InChI=1S/C14H16ClNO5.C6H3Cl2NO2/c1-2-20-14(17)9-3-5-11(7-9)21-13-6-4-10(15)8-12(13)16(18)19;7-4-1-2-5(8)6(3-4)9(10)11/h4,6,8-9,11H,2-3,5,7H2,1H3;1-3H. The molecule has 9 nitrogen and oxygen atoms in total. The Hall–Kier alpha value is -2.62. The van der Waals surface area contributed by atoms with Crippen LogP contribution in [0.2, 0.25) is 15.1 Å². The first-order valence-corrected chi connectivity index (χ1v) is 10.6. The normalized spacial score (nSPS) is 17.1. The van der Waals surface area contributed by atoms with Crippen LogP contribution in [0.1, 0.15) is 26.2 Å². The second-order valence-corrected chi connectivity index (χ2v) is 8.00. The molecule has 2 unspecified atom stereocenters. The summed E-state index contributed by atoms with van der Waals surface area (Å²) >= 11 is 16.7. The van der Waals surface area contributed by atoms with E-state index in [9.17, 15) is 25.0 Å². The Balaban J connectivity index is 0.000000278. The summed E-state index contributed by atoms with van der Waals surface area (Å²) < 4.78 is 10.7. The molecule has 32 heavy (non-hydrogen) atoms. The summed E-state index contributed by atoms with van der Waals surface area (Å²) in [6.07, 6.45) is 1.63. The van der Waals surface area contributed by atoms with Gasteiger partial charge in [0.25, 0.3) is 5.69 Å². The molecule has 12 heteroatoms. The lowest BCUT2D eigenvalue weighted by Crippen LogP contribution is -2.18. The number of carbonyl (C=O) groups is 1. The van der Waals surface area contributed by atoms with Crippen molar-refractivity contribution in [2.75, 3.05) is 6.61 Å². The molecule has 0 bridgehead atoms. The highest BCUT2D eigenvalue weighted by molar-refractivity contribution is 6.34. The van der Waals surface area contributed by atoms with Crippen LogP contribution >= 0.6 is 34.8 Å². The predicted octanol–water partition coefficient (Wildman–Crippen LogP) is 6.26. The van der Waals surface area contributed by atoms with Gasteiger partial charge >= 0.3 is 11.7 Å². The van der Waals surface area contributed by atoms with Gasteiger partial charge in [-0.3, -0.25) is 25.0 Å². The van der Waals surface area contributed by atoms with Crippen LogP contribution in [0.4, 0.5) is 11.4 Å². The van der Waals surface area contributed by atoms with E-state index in [2.05, 4.69) is 0 Å². The molecule has 0 amide bonds. The van der Waals surface area contributed by atoms with Crippen LogP contribution < -0.4 is 4.74 Å². The maximum atomic E-state index is 11.7. The molecule has 2 atom stereocenters. The van der Waals surface area contributed by atoms with E-state index < -0.39 is 9.85 Å². The minimum Gasteiger partial charge on any atom is -0.483 e. The molecule has 0 heterocycles. The van der Waals surface area contributed by atoms with E-state index in [0.717, 1.165) is 0 Å². The first kappa shape index (κ1) is 25.6. The van der Waals surface area contributed by atoms with Gasteiger partial charge in [-0.25, -0.2) is 0 Å². The van der Waals surface area contributed by atoms with Crippen LogP contribution in [0.3, 0.4) is 0 Å². The Bertz CT molecular complexity index is 1000. The average Bonchev–Trinajstić information content (AvgIpc) is 3.20. The molecule has 1 aliphatic rings. The third-order valence-corrected chi connectivity index (χ3v) is 5.31. The number of ether oxygens (including phenoxy) is 2. The number of rotatable bonds is 6. The fourth-order valence-corrected chi connectivity index (χ4v) is 3.58. The van der Waals surface area contributed by atoms with Crippen molar-refractivity contribution in [3.05, 3.63) is 71.7 Å². The monoisotopic (exact) mass is 504 g/mol. The first-order chi connectivity index (χ1) is 15.1. The minimum atomic E-state index is -0.575. The molecule has 1 saturated carbocycles. The zero-order valence-corrected chi connectivity index (χ0v) is 19.1. The van der Waals surface area contributed by atoms with Gasteiger partial charge < -0.3 is 9.47 Å². The third kappa shape index (κ3) is 7.22. The molecular weight excluding hydrogens is 487 g/mol. The van der Waals surface area contributed by atoms with Crippen molar-refractivity contribution in [1.82, 2.24) is 0 Å². The summed E-state index contributed by atoms with van der Waals surface area (Å²) in [5.74, 6) is -0.241. The van der Waals surface area contributed by atoms with Crippen molar-refractivity contribution >= 4 is 52.1 Å². The molecule has 0 saturated heterocycles. The van der Waals surface area contributed by atoms with E-state index in [1.165, 1.54) is 30.3 Å². The van der Waals surface area contributed by atoms with Gasteiger partial charge in [-0.2, -0.15) is 0 Å². The van der Waals surface area contributed by atoms with Gasteiger partial charge in [0.15, 0.2) is 5.75 Å². The molecule has 172 valence electrons. The third-order valence-electron chi connectivity index (χ3n) is 4.52. The molecule has 0 spiro atoms. The summed E-state index contributed by atoms with van der Waals surface area (Å²) in [6.45, 7) is 2.11. The van der Waals surface area contributed by atoms with Crippen molar-refractivity contribution in [2.45, 2.75) is 32.3 Å². The Morgan fingerprint density at radius 1 is 1.00 bits per heavy atom. The highest BCUT2D eigenvalue weighted by Crippen LogP contribution is 2.35. The Kier molecular flexibility index (Phi) is 9.49. The lowest BCUT2D eigenvalue weighted by Gasteiger charge is -2.14. The highest BCUT2D eigenvalue weighted by atomic mass is 35.5. The van der Waals surface area contributed by atoms with Gasteiger partial charge in [-0.15, -0.1) is 0 Å². The predicted molar refractivity (Wildman–Crippen MR) is 120 cm³/mol. The van der Waals surface area contributed by atoms with E-state index in [4.69, 9.17) is 44.3 Å². The lowest BCUT2D eigenvalue weighted by atomic mass is 10.1. The second kappa shape index (κ2) is 11.8. The second-order valence-electron chi connectivity index (χ2n) is 6.72. The lowest BCUT2D eigenvalue weighted by molar-refractivity contribution is -0.386. The SMILES string of the molecule is CCOC(=O)C1CCC(Oc2ccc(Cl)cc2[N+](=O)[O-])C1.O=[N+]([O-])c1cc(Cl)ccc1Cl. The number of nitro groups is 2. The van der Waals surface area contributed by atoms with E-state index in [0.29, 0.717) is 30.9 Å². The van der Waals surface area contributed by atoms with Gasteiger partial charge in [0.2, 0.25) is 0 Å². The fraction of sp³-hybridized carbons (Fsp3) is 0.350. The Labute approximate surface area is 198 Å². The van der Waals surface area contributed by atoms with Crippen molar-refractivity contribution in [3.8, 4) is 5.75 Å². The maximum absolute atomic E-state index is 11.7. The quantitative estimate of drug-likeness (QED) is 0.258. The smallest absolute Gasteiger partial charge is 0.312 e. The molecular formula is C20H19Cl3N2O7. The zero-order valence-electron chi connectivity index (χ0n) is 16.8. The van der Waals surface area contributed by atoms with Crippen molar-refractivity contribution in [1.29, 1.82) is 0 Å². The van der Waals surface area contributed by atoms with E-state index in [-0.39, 0.29) is 45.2 Å². The highest BCUT2D eigenvalue weighted by Gasteiger charge is 2.33. The van der Waals surface area contributed by atoms with E-state index >= 15 is 0 Å². The van der Waals surface area contributed by atoms with Crippen LogP contribution in [0.25, 0.3) is 0 Å². The molecule has 1 fully saturated rings. The number of carbonyl (C=O) groups excluding carboxylic acids is 1. The largest absolute Gasteiger partial charge is 0.483 e. The van der Waals surface area contributed by atoms with Crippen LogP contribution in [0.5, 0.6) is 5.75 Å². The van der Waals surface area contributed by atoms with Crippen LogP contribution in [0.15, 0.2) is 36.4 Å². The molecule has 1 aliphatic carbocycles. The van der Waals surface area contributed by atoms with E-state index in [1.807, 2.05) is 0 Å². The van der Waals surface area contributed by atoms with Gasteiger partial charge in [-0.05, 0) is 50.5 Å². The van der Waals surface area contributed by atoms with Gasteiger partial charge in [0, 0.05) is 22.2 Å². The van der Waals surface area contributed by atoms with Crippen LogP contribution in [-0.4, -0.2) is 28.5 Å². The molecule has 0 radical (unpaired) electrons. The van der Waals surface area contributed by atoms with Crippen LogP contribution in [-0.2, 0) is 9.53 Å². The number of benzene rings is 2. The van der Waals surface area contributed by atoms with Crippen molar-refractivity contribution in [3.63, 3.8) is 0 Å². The number of nitrogens with zero attached hydrogens (tertiary/aromatic N) is 2. The Morgan fingerprint density at radius 3 is 2.16 bits per heavy atom.